The van der Waals surface area contributed by atoms with Crippen LogP contribution in [0.3, 0.4) is 0 Å². The fourth-order valence-corrected chi connectivity index (χ4v) is 3.56. The summed E-state index contributed by atoms with van der Waals surface area (Å²) in [5.41, 5.74) is 2.03. The molecule has 2 heteroatoms. The lowest BCUT2D eigenvalue weighted by atomic mass is 9.71. The molecule has 3 rings (SSSR count). The minimum Gasteiger partial charge on any atom is -0.487 e. The van der Waals surface area contributed by atoms with Crippen LogP contribution < -0.4 is 4.74 Å². The molecule has 2 unspecified atom stereocenters. The van der Waals surface area contributed by atoms with E-state index in [1.54, 1.807) is 0 Å². The Hall–Kier alpha value is -1.02. The lowest BCUT2D eigenvalue weighted by Gasteiger charge is -2.47. The molecule has 0 amide bonds. The van der Waals surface area contributed by atoms with Gasteiger partial charge in [-0.05, 0) is 44.2 Å². The van der Waals surface area contributed by atoms with Gasteiger partial charge in [-0.3, -0.25) is 0 Å². The molecule has 1 aromatic rings. The predicted molar refractivity (Wildman–Crippen MR) is 71.7 cm³/mol. The maximum Gasteiger partial charge on any atom is 0.125 e. The van der Waals surface area contributed by atoms with E-state index in [4.69, 9.17) is 4.74 Å². The monoisotopic (exact) mass is 246 g/mol. The van der Waals surface area contributed by atoms with E-state index in [2.05, 4.69) is 26.0 Å². The standard InChI is InChI=1S/C16H22O2/c1-11-6-7-15-13(9-11)14(17)10-16(18-15)8-4-3-5-12(16)2/h6-7,9,12,14,17H,3-5,8,10H2,1-2H3/t12?,14-,16?/m1/s1. The molecule has 3 atom stereocenters. The Morgan fingerprint density at radius 1 is 1.33 bits per heavy atom. The van der Waals surface area contributed by atoms with Gasteiger partial charge in [0.25, 0.3) is 0 Å². The second-order valence-electron chi connectivity index (χ2n) is 6.07. The molecule has 1 heterocycles. The van der Waals surface area contributed by atoms with Gasteiger partial charge in [0, 0.05) is 12.0 Å². The molecule has 2 nitrogen and oxygen atoms in total. The fourth-order valence-electron chi connectivity index (χ4n) is 3.56. The van der Waals surface area contributed by atoms with Gasteiger partial charge < -0.3 is 9.84 Å². The van der Waals surface area contributed by atoms with Crippen molar-refractivity contribution in [3.05, 3.63) is 29.3 Å². The second-order valence-corrected chi connectivity index (χ2v) is 6.07. The lowest BCUT2D eigenvalue weighted by molar-refractivity contribution is -0.0717. The molecule has 1 spiro atoms. The zero-order valence-electron chi connectivity index (χ0n) is 11.3. The number of aliphatic hydroxyl groups is 1. The van der Waals surface area contributed by atoms with Gasteiger partial charge in [-0.15, -0.1) is 0 Å². The number of hydrogen-bond acceptors (Lipinski definition) is 2. The van der Waals surface area contributed by atoms with Crippen LogP contribution in [0.2, 0.25) is 0 Å². The first-order valence-electron chi connectivity index (χ1n) is 7.08. The third-order valence-corrected chi connectivity index (χ3v) is 4.76. The van der Waals surface area contributed by atoms with Crippen LogP contribution >= 0.6 is 0 Å². The molecule has 2 aliphatic rings. The highest BCUT2D eigenvalue weighted by Gasteiger charge is 2.45. The van der Waals surface area contributed by atoms with E-state index >= 15 is 0 Å². The van der Waals surface area contributed by atoms with E-state index in [-0.39, 0.29) is 11.7 Å². The largest absolute Gasteiger partial charge is 0.487 e. The Bertz CT molecular complexity index is 454. The van der Waals surface area contributed by atoms with Gasteiger partial charge in [0.1, 0.15) is 11.4 Å². The molecule has 1 aliphatic heterocycles. The van der Waals surface area contributed by atoms with Gasteiger partial charge >= 0.3 is 0 Å². The molecule has 1 fully saturated rings. The fraction of sp³-hybridized carbons (Fsp3) is 0.625. The summed E-state index contributed by atoms with van der Waals surface area (Å²) >= 11 is 0. The quantitative estimate of drug-likeness (QED) is 0.755. The van der Waals surface area contributed by atoms with E-state index in [1.165, 1.54) is 24.8 Å². The Kier molecular flexibility index (Phi) is 2.86. The van der Waals surface area contributed by atoms with Crippen LogP contribution in [0.25, 0.3) is 0 Å². The molecular weight excluding hydrogens is 224 g/mol. The highest BCUT2D eigenvalue weighted by atomic mass is 16.5. The first-order valence-corrected chi connectivity index (χ1v) is 7.08. The predicted octanol–water partition coefficient (Wildman–Crippen LogP) is 3.76. The highest BCUT2D eigenvalue weighted by Crippen LogP contribution is 2.48. The number of ether oxygens (including phenoxy) is 1. The maximum absolute atomic E-state index is 10.4. The summed E-state index contributed by atoms with van der Waals surface area (Å²) in [5.74, 6) is 1.43. The van der Waals surface area contributed by atoms with Crippen LogP contribution in [-0.4, -0.2) is 10.7 Å². The SMILES string of the molecule is Cc1ccc2c(c1)[C@H](O)CC1(CCCCC1C)O2. The molecule has 0 radical (unpaired) electrons. The van der Waals surface area contributed by atoms with E-state index in [1.807, 2.05) is 6.07 Å². The van der Waals surface area contributed by atoms with E-state index in [0.29, 0.717) is 5.92 Å². The zero-order valence-corrected chi connectivity index (χ0v) is 11.3. The second kappa shape index (κ2) is 4.27. The van der Waals surface area contributed by atoms with Gasteiger partial charge in [0.2, 0.25) is 0 Å². The molecule has 0 saturated heterocycles. The maximum atomic E-state index is 10.4. The van der Waals surface area contributed by atoms with Crippen molar-refractivity contribution in [3.8, 4) is 5.75 Å². The van der Waals surface area contributed by atoms with Gasteiger partial charge in [-0.1, -0.05) is 25.0 Å². The highest BCUT2D eigenvalue weighted by molar-refractivity contribution is 5.41. The van der Waals surface area contributed by atoms with Crippen LogP contribution in [0, 0.1) is 12.8 Å². The lowest BCUT2D eigenvalue weighted by Crippen LogP contribution is -2.48. The molecule has 0 bridgehead atoms. The molecule has 1 saturated carbocycles. The smallest absolute Gasteiger partial charge is 0.125 e. The van der Waals surface area contributed by atoms with Crippen molar-refractivity contribution in [2.24, 2.45) is 5.92 Å². The minimum atomic E-state index is -0.366. The third-order valence-electron chi connectivity index (χ3n) is 4.76. The van der Waals surface area contributed by atoms with Crippen molar-refractivity contribution in [2.75, 3.05) is 0 Å². The normalized spacial score (nSPS) is 35.1. The Morgan fingerprint density at radius 2 is 2.17 bits per heavy atom. The molecule has 98 valence electrons. The van der Waals surface area contributed by atoms with Crippen LogP contribution in [0.15, 0.2) is 18.2 Å². The molecule has 1 aromatic carbocycles. The first-order chi connectivity index (χ1) is 8.61. The summed E-state index contributed by atoms with van der Waals surface area (Å²) in [7, 11) is 0. The van der Waals surface area contributed by atoms with E-state index in [9.17, 15) is 5.11 Å². The average Bonchev–Trinajstić information content (AvgIpc) is 2.34. The van der Waals surface area contributed by atoms with Crippen molar-refractivity contribution >= 4 is 0 Å². The summed E-state index contributed by atoms with van der Waals surface area (Å²) in [5, 5.41) is 10.4. The van der Waals surface area contributed by atoms with Crippen LogP contribution in [0.5, 0.6) is 5.75 Å². The molecule has 0 aromatic heterocycles. The topological polar surface area (TPSA) is 29.5 Å². The van der Waals surface area contributed by atoms with E-state index < -0.39 is 0 Å². The molecular formula is C16H22O2. The molecule has 1 N–H and O–H groups in total. The van der Waals surface area contributed by atoms with Crippen LogP contribution in [-0.2, 0) is 0 Å². The third kappa shape index (κ3) is 1.83. The zero-order chi connectivity index (χ0) is 12.8. The Balaban J connectivity index is 1.98. The molecule has 18 heavy (non-hydrogen) atoms. The molecule has 1 aliphatic carbocycles. The number of benzene rings is 1. The average molecular weight is 246 g/mol. The van der Waals surface area contributed by atoms with Crippen LogP contribution in [0.1, 0.15) is 56.3 Å². The Morgan fingerprint density at radius 3 is 2.94 bits per heavy atom. The number of rotatable bonds is 0. The number of hydrogen-bond donors (Lipinski definition) is 1. The Labute approximate surface area is 109 Å². The van der Waals surface area contributed by atoms with Gasteiger partial charge in [-0.2, -0.15) is 0 Å². The van der Waals surface area contributed by atoms with Crippen LogP contribution in [0.4, 0.5) is 0 Å². The van der Waals surface area contributed by atoms with Crippen molar-refractivity contribution in [2.45, 2.75) is 57.7 Å². The summed E-state index contributed by atoms with van der Waals surface area (Å²) in [6.07, 6.45) is 5.20. The van der Waals surface area contributed by atoms with E-state index in [0.717, 1.165) is 24.2 Å². The number of fused-ring (bicyclic) bond motifs is 1. The number of aliphatic hydroxyl groups excluding tert-OH is 1. The van der Waals surface area contributed by atoms with Crippen molar-refractivity contribution < 1.29 is 9.84 Å². The van der Waals surface area contributed by atoms with Gasteiger partial charge in [0.15, 0.2) is 0 Å². The van der Waals surface area contributed by atoms with Crippen molar-refractivity contribution in [1.29, 1.82) is 0 Å². The van der Waals surface area contributed by atoms with Gasteiger partial charge in [-0.25, -0.2) is 0 Å². The first kappa shape index (κ1) is 12.0. The summed E-state index contributed by atoms with van der Waals surface area (Å²) < 4.78 is 6.34. The summed E-state index contributed by atoms with van der Waals surface area (Å²) in [6, 6.07) is 6.15. The van der Waals surface area contributed by atoms with Crippen molar-refractivity contribution in [3.63, 3.8) is 0 Å². The summed E-state index contributed by atoms with van der Waals surface area (Å²) in [6.45, 7) is 4.33. The number of aryl methyl sites for hydroxylation is 1. The minimum absolute atomic E-state index is 0.125. The summed E-state index contributed by atoms with van der Waals surface area (Å²) in [4.78, 5) is 0. The van der Waals surface area contributed by atoms with Gasteiger partial charge in [0.05, 0.1) is 6.10 Å². The van der Waals surface area contributed by atoms with Crippen molar-refractivity contribution in [1.82, 2.24) is 0 Å².